The van der Waals surface area contributed by atoms with Crippen molar-refractivity contribution in [2.24, 2.45) is 0 Å². The lowest BCUT2D eigenvalue weighted by Crippen LogP contribution is -2.22. The highest BCUT2D eigenvalue weighted by molar-refractivity contribution is 5.94. The van der Waals surface area contributed by atoms with Gasteiger partial charge >= 0.3 is 17.9 Å². The number of carbonyl (C=O) groups is 3. The van der Waals surface area contributed by atoms with Gasteiger partial charge in [-0.3, -0.25) is 4.79 Å². The van der Waals surface area contributed by atoms with Crippen LogP contribution in [0.2, 0.25) is 0 Å². The van der Waals surface area contributed by atoms with Gasteiger partial charge in [-0.1, -0.05) is 64.8 Å². The molecule has 2 rings (SSSR count). The van der Waals surface area contributed by atoms with Crippen molar-refractivity contribution in [3.63, 3.8) is 0 Å². The largest absolute Gasteiger partial charge is 0.426 e. The summed E-state index contributed by atoms with van der Waals surface area (Å²) in [4.78, 5) is 46.4. The molecule has 0 saturated carbocycles. The van der Waals surface area contributed by atoms with Gasteiger partial charge in [0, 0.05) is 12.0 Å². The van der Waals surface area contributed by atoms with Crippen LogP contribution in [0.15, 0.2) is 48.5 Å². The van der Waals surface area contributed by atoms with Crippen LogP contribution in [0.4, 0.5) is 0 Å². The minimum atomic E-state index is -0.840. The van der Waals surface area contributed by atoms with Gasteiger partial charge in [0.25, 0.3) is 0 Å². The van der Waals surface area contributed by atoms with E-state index in [1.165, 1.54) is 0 Å². The van der Waals surface area contributed by atoms with E-state index in [-0.39, 0.29) is 17.1 Å². The van der Waals surface area contributed by atoms with Crippen LogP contribution in [0.25, 0.3) is 0 Å². The van der Waals surface area contributed by atoms with Crippen LogP contribution in [0.1, 0.15) is 79.7 Å². The zero-order valence-corrected chi connectivity index (χ0v) is 17.9. The third-order valence-electron chi connectivity index (χ3n) is 4.41. The van der Waals surface area contributed by atoms with Crippen molar-refractivity contribution >= 4 is 17.9 Å². The smallest absolute Gasteiger partial charge is 0.386 e. The highest BCUT2D eigenvalue weighted by Gasteiger charge is 2.29. The number of unbranched alkanes of at least 4 members (excludes halogenated alkanes) is 2. The van der Waals surface area contributed by atoms with E-state index in [1.807, 2.05) is 20.8 Å². The van der Waals surface area contributed by atoms with E-state index >= 15 is 0 Å². The summed E-state index contributed by atoms with van der Waals surface area (Å²) in [5.41, 5.74) is 0.408. The summed E-state index contributed by atoms with van der Waals surface area (Å²) in [6.45, 7) is 7.74. The van der Waals surface area contributed by atoms with Gasteiger partial charge in [-0.2, -0.15) is 0 Å². The number of carbonyl (C=O) groups excluding carboxylic acids is 3. The fourth-order valence-electron chi connectivity index (χ4n) is 3.00. The molecule has 0 radical (unpaired) electrons. The Morgan fingerprint density at radius 1 is 0.833 bits per heavy atom. The second-order valence-electron chi connectivity index (χ2n) is 7.97. The first-order chi connectivity index (χ1) is 14.2. The molecule has 0 bridgehead atoms. The normalized spacial score (nSPS) is 10.9. The molecule has 6 nitrogen and oxygen atoms in total. The maximum atomic E-state index is 12.7. The van der Waals surface area contributed by atoms with Crippen molar-refractivity contribution in [1.29, 1.82) is 0 Å². The summed E-state index contributed by atoms with van der Waals surface area (Å²) in [6.07, 6.45) is 3.00. The van der Waals surface area contributed by atoms with Gasteiger partial charge in [0.1, 0.15) is 5.75 Å². The minimum Gasteiger partial charge on any atom is -0.426 e. The topological polar surface area (TPSA) is 78.9 Å². The maximum absolute atomic E-state index is 12.7. The molecule has 0 unspecified atom stereocenters. The number of benzene rings is 2. The molecule has 0 aliphatic carbocycles. The molecule has 0 spiro atoms. The molecule has 0 amide bonds. The first kappa shape index (κ1) is 23.1. The lowest BCUT2D eigenvalue weighted by molar-refractivity contribution is -0.187. The molecular formula is C24H28O6. The molecule has 2 aromatic rings. The van der Waals surface area contributed by atoms with Gasteiger partial charge in [0.15, 0.2) is 0 Å². The third-order valence-corrected chi connectivity index (χ3v) is 4.41. The lowest BCUT2D eigenvalue weighted by Gasteiger charge is -2.24. The molecule has 0 heterocycles. The zero-order chi connectivity index (χ0) is 22.1. The van der Waals surface area contributed by atoms with Crippen LogP contribution in [0.3, 0.4) is 0 Å². The Hall–Kier alpha value is -3.15. The molecule has 30 heavy (non-hydrogen) atoms. The SMILES string of the molecule is CCCCCC(=O)Oc1cccc(C(=O)OOC(=O)c2ccccc2)c1C(C)(C)C. The first-order valence-corrected chi connectivity index (χ1v) is 10.1. The summed E-state index contributed by atoms with van der Waals surface area (Å²) in [5, 5.41) is 0. The highest BCUT2D eigenvalue weighted by Crippen LogP contribution is 2.35. The monoisotopic (exact) mass is 412 g/mol. The van der Waals surface area contributed by atoms with Gasteiger partial charge < -0.3 is 4.74 Å². The Morgan fingerprint density at radius 2 is 1.50 bits per heavy atom. The molecule has 2 aromatic carbocycles. The summed E-state index contributed by atoms with van der Waals surface area (Å²) in [7, 11) is 0. The lowest BCUT2D eigenvalue weighted by atomic mass is 9.83. The molecule has 0 aromatic heterocycles. The van der Waals surface area contributed by atoms with Crippen LogP contribution in [0.5, 0.6) is 5.75 Å². The fourth-order valence-corrected chi connectivity index (χ4v) is 3.00. The van der Waals surface area contributed by atoms with Crippen LogP contribution in [-0.4, -0.2) is 17.9 Å². The van der Waals surface area contributed by atoms with Gasteiger partial charge in [-0.15, -0.1) is 0 Å². The molecule has 6 heteroatoms. The molecule has 160 valence electrons. The number of rotatable bonds is 7. The number of hydrogen-bond donors (Lipinski definition) is 0. The van der Waals surface area contributed by atoms with E-state index in [9.17, 15) is 14.4 Å². The summed E-state index contributed by atoms with van der Waals surface area (Å²) >= 11 is 0. The van der Waals surface area contributed by atoms with Gasteiger partial charge in [-0.05, 0) is 36.1 Å². The van der Waals surface area contributed by atoms with Crippen LogP contribution in [0, 0.1) is 0 Å². The van der Waals surface area contributed by atoms with E-state index in [0.29, 0.717) is 17.7 Å². The van der Waals surface area contributed by atoms with Crippen molar-refractivity contribution < 1.29 is 28.9 Å². The van der Waals surface area contributed by atoms with Crippen LogP contribution >= 0.6 is 0 Å². The summed E-state index contributed by atoms with van der Waals surface area (Å²) in [6, 6.07) is 13.0. The van der Waals surface area contributed by atoms with Crippen molar-refractivity contribution in [1.82, 2.24) is 0 Å². The van der Waals surface area contributed by atoms with Crippen molar-refractivity contribution in [3.05, 3.63) is 65.2 Å². The van der Waals surface area contributed by atoms with E-state index in [0.717, 1.165) is 19.3 Å². The van der Waals surface area contributed by atoms with Gasteiger partial charge in [0.2, 0.25) is 0 Å². The van der Waals surface area contributed by atoms with E-state index in [4.69, 9.17) is 14.5 Å². The molecule has 0 atom stereocenters. The predicted molar refractivity (Wildman–Crippen MR) is 112 cm³/mol. The molecule has 0 saturated heterocycles. The van der Waals surface area contributed by atoms with Crippen molar-refractivity contribution in [2.45, 2.75) is 58.8 Å². The predicted octanol–water partition coefficient (Wildman–Crippen LogP) is 5.40. The standard InChI is InChI=1S/C24H28O6/c1-5-6-8-16-20(25)28-19-15-11-14-18(21(19)24(2,3)4)23(27)30-29-22(26)17-12-9-7-10-13-17/h7,9-15H,5-6,8,16H2,1-4H3. The second-order valence-corrected chi connectivity index (χ2v) is 7.97. The Morgan fingerprint density at radius 3 is 2.13 bits per heavy atom. The third kappa shape index (κ3) is 6.44. The summed E-state index contributed by atoms with van der Waals surface area (Å²) < 4.78 is 5.55. The molecule has 0 N–H and O–H groups in total. The maximum Gasteiger partial charge on any atom is 0.386 e. The Balaban J connectivity index is 2.19. The zero-order valence-electron chi connectivity index (χ0n) is 17.9. The highest BCUT2D eigenvalue weighted by atomic mass is 17.2. The molecular weight excluding hydrogens is 384 g/mol. The van der Waals surface area contributed by atoms with E-state index < -0.39 is 17.4 Å². The number of hydrogen-bond acceptors (Lipinski definition) is 6. The van der Waals surface area contributed by atoms with Crippen molar-refractivity contribution in [2.75, 3.05) is 0 Å². The van der Waals surface area contributed by atoms with Crippen LogP contribution in [-0.2, 0) is 20.0 Å². The van der Waals surface area contributed by atoms with E-state index in [1.54, 1.807) is 48.5 Å². The minimum absolute atomic E-state index is 0.169. The molecule has 0 aliphatic heterocycles. The Kier molecular flexibility index (Phi) is 8.16. The second kappa shape index (κ2) is 10.6. The Bertz CT molecular complexity index is 880. The number of esters is 1. The first-order valence-electron chi connectivity index (χ1n) is 10.1. The molecule has 0 fully saturated rings. The quantitative estimate of drug-likeness (QED) is 0.199. The van der Waals surface area contributed by atoms with Gasteiger partial charge in [0.05, 0.1) is 11.1 Å². The van der Waals surface area contributed by atoms with Crippen molar-refractivity contribution in [3.8, 4) is 5.75 Å². The van der Waals surface area contributed by atoms with E-state index in [2.05, 4.69) is 6.92 Å². The number of ether oxygens (including phenoxy) is 1. The van der Waals surface area contributed by atoms with Gasteiger partial charge in [-0.25, -0.2) is 19.4 Å². The Labute approximate surface area is 177 Å². The summed E-state index contributed by atoms with van der Waals surface area (Å²) in [5.74, 6) is -1.67. The average Bonchev–Trinajstić information content (AvgIpc) is 2.71. The van der Waals surface area contributed by atoms with Crippen LogP contribution < -0.4 is 4.74 Å². The fraction of sp³-hybridized carbons (Fsp3) is 0.375. The molecule has 0 aliphatic rings. The average molecular weight is 412 g/mol.